The van der Waals surface area contributed by atoms with Crippen molar-refractivity contribution in [3.05, 3.63) is 0 Å². The maximum absolute atomic E-state index is 11.3. The third-order valence-corrected chi connectivity index (χ3v) is 7.27. The lowest BCUT2D eigenvalue weighted by Gasteiger charge is -2.65. The van der Waals surface area contributed by atoms with Crippen molar-refractivity contribution < 1.29 is 14.3 Å². The maximum atomic E-state index is 11.3. The van der Waals surface area contributed by atoms with E-state index in [4.69, 9.17) is 4.74 Å². The number of hydrogen-bond acceptors (Lipinski definition) is 3. The minimum absolute atomic E-state index is 0.110. The van der Waals surface area contributed by atoms with Crippen LogP contribution in [0.5, 0.6) is 0 Å². The van der Waals surface area contributed by atoms with Gasteiger partial charge in [-0.3, -0.25) is 0 Å². The van der Waals surface area contributed by atoms with Gasteiger partial charge in [-0.25, -0.2) is 4.79 Å². The Hall–Kier alpha value is 0. The molecule has 4 heteroatoms. The van der Waals surface area contributed by atoms with E-state index in [9.17, 15) is 4.79 Å². The van der Waals surface area contributed by atoms with Crippen LogP contribution in [0.4, 0.5) is 4.79 Å². The van der Waals surface area contributed by atoms with Crippen LogP contribution in [0.15, 0.2) is 0 Å². The number of carbonyl (C=O) groups excluding carboxylic acids is 1. The number of halogens is 1. The van der Waals surface area contributed by atoms with E-state index in [-0.39, 0.29) is 5.60 Å². The predicted octanol–water partition coefficient (Wildman–Crippen LogP) is 2.76. The summed E-state index contributed by atoms with van der Waals surface area (Å²) in [5, 5.41) is 0. The fourth-order valence-corrected chi connectivity index (χ4v) is 6.53. The Morgan fingerprint density at radius 2 is 2.25 bits per heavy atom. The number of ether oxygens (including phenoxy) is 2. The van der Waals surface area contributed by atoms with Gasteiger partial charge in [-0.05, 0) is 42.9 Å². The number of carbonyl (C=O) groups is 1. The monoisotopic (exact) mass is 334 g/mol. The highest BCUT2D eigenvalue weighted by Crippen LogP contribution is 2.92. The molecule has 4 saturated carbocycles. The average Bonchev–Trinajstić information content (AvgIpc) is 2.80. The number of methoxy groups -OCH3 is 1. The normalized spacial score (nSPS) is 58.9. The van der Waals surface area contributed by atoms with Crippen LogP contribution in [0.1, 0.15) is 25.7 Å². The molecule has 88 valence electrons. The summed E-state index contributed by atoms with van der Waals surface area (Å²) >= 11 is 2.53. The highest BCUT2D eigenvalue weighted by molar-refractivity contribution is 14.1. The average molecular weight is 334 g/mol. The molecule has 4 fully saturated rings. The van der Waals surface area contributed by atoms with E-state index in [0.29, 0.717) is 10.8 Å². The standard InChI is InChI=1S/C12H15IO3/c1-15-9(14)16-12-3-7-2-10(6-13)4-11(12,5-12)8(7)10/h7-8H,2-6H2,1H3. The summed E-state index contributed by atoms with van der Waals surface area (Å²) in [4.78, 5) is 11.3. The summed E-state index contributed by atoms with van der Waals surface area (Å²) in [5.41, 5.74) is 0.902. The molecule has 0 bridgehead atoms. The first-order valence-corrected chi connectivity index (χ1v) is 7.47. The van der Waals surface area contributed by atoms with Crippen molar-refractivity contribution in [3.63, 3.8) is 0 Å². The van der Waals surface area contributed by atoms with E-state index in [0.717, 1.165) is 24.7 Å². The third kappa shape index (κ3) is 0.782. The molecule has 4 rings (SSSR count). The van der Waals surface area contributed by atoms with E-state index in [1.54, 1.807) is 0 Å². The topological polar surface area (TPSA) is 35.5 Å². The summed E-state index contributed by atoms with van der Waals surface area (Å²) in [6.45, 7) is 0. The Balaban J connectivity index is 1.59. The summed E-state index contributed by atoms with van der Waals surface area (Å²) < 4.78 is 11.5. The van der Waals surface area contributed by atoms with Crippen LogP contribution in [0.3, 0.4) is 0 Å². The molecule has 0 heterocycles. The first kappa shape index (κ1) is 9.97. The van der Waals surface area contributed by atoms with Gasteiger partial charge in [-0.1, -0.05) is 22.6 Å². The summed E-state index contributed by atoms with van der Waals surface area (Å²) in [7, 11) is 1.40. The summed E-state index contributed by atoms with van der Waals surface area (Å²) in [5.74, 6) is 1.70. The van der Waals surface area contributed by atoms with E-state index < -0.39 is 6.16 Å². The van der Waals surface area contributed by atoms with Gasteiger partial charge >= 0.3 is 6.16 Å². The van der Waals surface area contributed by atoms with Crippen molar-refractivity contribution >= 4 is 28.7 Å². The zero-order valence-corrected chi connectivity index (χ0v) is 11.5. The molecule has 4 aliphatic carbocycles. The van der Waals surface area contributed by atoms with Crippen LogP contribution < -0.4 is 0 Å². The van der Waals surface area contributed by atoms with Gasteiger partial charge in [0.25, 0.3) is 0 Å². The van der Waals surface area contributed by atoms with Crippen molar-refractivity contribution in [3.8, 4) is 0 Å². The van der Waals surface area contributed by atoms with Gasteiger partial charge in [0, 0.05) is 9.84 Å². The lowest BCUT2D eigenvalue weighted by atomic mass is 9.39. The second-order valence-corrected chi connectivity index (χ2v) is 6.96. The van der Waals surface area contributed by atoms with Crippen molar-refractivity contribution in [1.29, 1.82) is 0 Å². The van der Waals surface area contributed by atoms with Crippen molar-refractivity contribution in [1.82, 2.24) is 0 Å². The molecule has 0 aromatic heterocycles. The van der Waals surface area contributed by atoms with Crippen LogP contribution in [-0.4, -0.2) is 23.3 Å². The highest BCUT2D eigenvalue weighted by atomic mass is 127. The van der Waals surface area contributed by atoms with Crippen molar-refractivity contribution in [2.75, 3.05) is 11.5 Å². The number of rotatable bonds is 2. The fraction of sp³-hybridized carbons (Fsp3) is 0.917. The first-order chi connectivity index (χ1) is 7.61. The number of alkyl halides is 1. The molecule has 0 N–H and O–H groups in total. The van der Waals surface area contributed by atoms with E-state index in [2.05, 4.69) is 27.3 Å². The molecule has 4 aliphatic rings. The second kappa shape index (κ2) is 2.54. The van der Waals surface area contributed by atoms with E-state index >= 15 is 0 Å². The quantitative estimate of drug-likeness (QED) is 0.443. The largest absolute Gasteiger partial charge is 0.508 e. The van der Waals surface area contributed by atoms with Crippen LogP contribution in [-0.2, 0) is 9.47 Å². The molecule has 3 nitrogen and oxygen atoms in total. The SMILES string of the molecule is COC(=O)OC12CC3CC4(CI)CC1(C2)C34. The smallest absolute Gasteiger partial charge is 0.438 e. The first-order valence-electron chi connectivity index (χ1n) is 5.94. The zero-order chi connectivity index (χ0) is 11.2. The summed E-state index contributed by atoms with van der Waals surface area (Å²) in [6, 6.07) is 0. The highest BCUT2D eigenvalue weighted by Gasteiger charge is 2.92. The van der Waals surface area contributed by atoms with E-state index in [1.807, 2.05) is 0 Å². The molecule has 0 saturated heterocycles. The molecule has 0 aromatic carbocycles. The van der Waals surface area contributed by atoms with Gasteiger partial charge < -0.3 is 9.47 Å². The molecule has 5 unspecified atom stereocenters. The maximum Gasteiger partial charge on any atom is 0.508 e. The molecule has 0 aromatic rings. The number of hydrogen-bond donors (Lipinski definition) is 0. The Labute approximate surface area is 108 Å². The Bertz CT molecular complexity index is 398. The van der Waals surface area contributed by atoms with Crippen molar-refractivity contribution in [2.45, 2.75) is 31.3 Å². The zero-order valence-electron chi connectivity index (χ0n) is 9.29. The van der Waals surface area contributed by atoms with Gasteiger partial charge in [0.05, 0.1) is 7.11 Å². The molecular weight excluding hydrogens is 319 g/mol. The van der Waals surface area contributed by atoms with E-state index in [1.165, 1.54) is 24.4 Å². The molecule has 16 heavy (non-hydrogen) atoms. The van der Waals surface area contributed by atoms with Gasteiger partial charge in [-0.15, -0.1) is 0 Å². The molecular formula is C12H15IO3. The minimum atomic E-state index is -0.481. The van der Waals surface area contributed by atoms with Gasteiger partial charge in [0.15, 0.2) is 0 Å². The second-order valence-electron chi connectivity index (χ2n) is 6.20. The van der Waals surface area contributed by atoms with Crippen LogP contribution in [0.25, 0.3) is 0 Å². The molecule has 5 atom stereocenters. The van der Waals surface area contributed by atoms with Gasteiger partial charge in [0.2, 0.25) is 0 Å². The van der Waals surface area contributed by atoms with Gasteiger partial charge in [-0.2, -0.15) is 0 Å². The molecule has 0 aliphatic heterocycles. The van der Waals surface area contributed by atoms with Gasteiger partial charge in [0.1, 0.15) is 5.60 Å². The molecule has 0 radical (unpaired) electrons. The summed E-state index contributed by atoms with van der Waals surface area (Å²) in [6.07, 6.45) is 4.39. The van der Waals surface area contributed by atoms with Crippen LogP contribution in [0, 0.1) is 22.7 Å². The van der Waals surface area contributed by atoms with Crippen LogP contribution >= 0.6 is 22.6 Å². The van der Waals surface area contributed by atoms with Crippen LogP contribution in [0.2, 0.25) is 0 Å². The molecule has 1 spiro atoms. The molecule has 0 amide bonds. The lowest BCUT2D eigenvalue weighted by Crippen LogP contribution is -2.61. The predicted molar refractivity (Wildman–Crippen MR) is 65.4 cm³/mol. The van der Waals surface area contributed by atoms with Crippen molar-refractivity contribution in [2.24, 2.45) is 22.7 Å². The Kier molecular flexibility index (Phi) is 1.59. The Morgan fingerprint density at radius 1 is 1.44 bits per heavy atom. The fourth-order valence-electron chi connectivity index (χ4n) is 5.47. The Morgan fingerprint density at radius 3 is 2.94 bits per heavy atom. The third-order valence-electron chi connectivity index (χ3n) is 5.75. The lowest BCUT2D eigenvalue weighted by molar-refractivity contribution is -0.163. The minimum Gasteiger partial charge on any atom is -0.438 e.